The van der Waals surface area contributed by atoms with Gasteiger partial charge in [0, 0.05) is 18.0 Å². The molecule has 0 saturated heterocycles. The minimum atomic E-state index is -0.178. The molecule has 0 spiro atoms. The van der Waals surface area contributed by atoms with Crippen LogP contribution in [0.2, 0.25) is 0 Å². The molecule has 1 aliphatic carbocycles. The maximum absolute atomic E-state index is 10.6. The quantitative estimate of drug-likeness (QED) is 0.630. The van der Waals surface area contributed by atoms with E-state index < -0.39 is 0 Å². The lowest BCUT2D eigenvalue weighted by molar-refractivity contribution is -0.108. The predicted molar refractivity (Wildman–Crippen MR) is 48.7 cm³/mol. The molecule has 13 heavy (non-hydrogen) atoms. The molecule has 3 heteroatoms. The first-order chi connectivity index (χ1) is 6.42. The molecular formula is C10H8N2O. The van der Waals surface area contributed by atoms with Gasteiger partial charge in [0.25, 0.3) is 0 Å². The second-order valence-electron chi connectivity index (χ2n) is 2.74. The van der Waals surface area contributed by atoms with Crippen LogP contribution in [0.15, 0.2) is 36.7 Å². The summed E-state index contributed by atoms with van der Waals surface area (Å²) in [6.45, 7) is 0. The minimum Gasteiger partial charge on any atom is -0.302 e. The largest absolute Gasteiger partial charge is 0.302 e. The number of rotatable bonds is 2. The highest BCUT2D eigenvalue weighted by Gasteiger charge is 2.16. The highest BCUT2D eigenvalue weighted by atomic mass is 16.1. The number of hydrogen-bond acceptors (Lipinski definition) is 3. The highest BCUT2D eigenvalue weighted by Crippen LogP contribution is 2.24. The summed E-state index contributed by atoms with van der Waals surface area (Å²) in [7, 11) is 0. The lowest BCUT2D eigenvalue weighted by Crippen LogP contribution is -2.02. The monoisotopic (exact) mass is 172 g/mol. The fraction of sp³-hybridized carbons (Fsp3) is 0.100. The molecule has 0 radical (unpaired) electrons. The van der Waals surface area contributed by atoms with E-state index in [0.29, 0.717) is 5.82 Å². The van der Waals surface area contributed by atoms with Gasteiger partial charge in [-0.2, -0.15) is 0 Å². The Hall–Kier alpha value is -1.77. The topological polar surface area (TPSA) is 42.9 Å². The van der Waals surface area contributed by atoms with Crippen molar-refractivity contribution < 1.29 is 4.79 Å². The molecule has 0 aromatic carbocycles. The van der Waals surface area contributed by atoms with Crippen molar-refractivity contribution >= 4 is 11.9 Å². The summed E-state index contributed by atoms with van der Waals surface area (Å²) in [5, 5.41) is 0. The first kappa shape index (κ1) is 7.86. The van der Waals surface area contributed by atoms with Crippen molar-refractivity contribution in [3.63, 3.8) is 0 Å². The summed E-state index contributed by atoms with van der Waals surface area (Å²) in [5.41, 5.74) is 0.871. The van der Waals surface area contributed by atoms with Gasteiger partial charge in [-0.3, -0.25) is 0 Å². The van der Waals surface area contributed by atoms with Crippen LogP contribution in [0.25, 0.3) is 5.57 Å². The van der Waals surface area contributed by atoms with Crippen LogP contribution in [0.3, 0.4) is 0 Å². The predicted octanol–water partition coefficient (Wildman–Crippen LogP) is 1.24. The highest BCUT2D eigenvalue weighted by molar-refractivity contribution is 5.83. The van der Waals surface area contributed by atoms with E-state index in [1.165, 1.54) is 0 Å². The molecule has 0 fully saturated rings. The molecule has 1 atom stereocenters. The van der Waals surface area contributed by atoms with Crippen LogP contribution < -0.4 is 0 Å². The Bertz CT molecular complexity index is 368. The summed E-state index contributed by atoms with van der Waals surface area (Å²) in [5.74, 6) is 0.451. The van der Waals surface area contributed by atoms with E-state index in [-0.39, 0.29) is 5.92 Å². The van der Waals surface area contributed by atoms with Crippen molar-refractivity contribution in [1.29, 1.82) is 0 Å². The first-order valence-corrected chi connectivity index (χ1v) is 4.03. The Morgan fingerprint density at radius 3 is 2.77 bits per heavy atom. The number of carbonyl (C=O) groups excluding carboxylic acids is 1. The van der Waals surface area contributed by atoms with Crippen LogP contribution >= 0.6 is 0 Å². The van der Waals surface area contributed by atoms with Crippen molar-refractivity contribution in [2.45, 2.75) is 0 Å². The van der Waals surface area contributed by atoms with E-state index in [2.05, 4.69) is 9.97 Å². The van der Waals surface area contributed by atoms with Gasteiger partial charge in [0.2, 0.25) is 0 Å². The Kier molecular flexibility index (Phi) is 2.00. The third-order valence-electron chi connectivity index (χ3n) is 1.92. The Morgan fingerprint density at radius 1 is 1.31 bits per heavy atom. The third kappa shape index (κ3) is 1.40. The van der Waals surface area contributed by atoms with E-state index in [0.717, 1.165) is 11.9 Å². The van der Waals surface area contributed by atoms with Crippen molar-refractivity contribution in [3.05, 3.63) is 42.5 Å². The molecule has 0 saturated carbocycles. The zero-order chi connectivity index (χ0) is 9.10. The molecule has 1 unspecified atom stereocenters. The van der Waals surface area contributed by atoms with E-state index >= 15 is 0 Å². The van der Waals surface area contributed by atoms with Crippen molar-refractivity contribution in [2.75, 3.05) is 0 Å². The summed E-state index contributed by atoms with van der Waals surface area (Å²) in [6, 6.07) is 1.75. The van der Waals surface area contributed by atoms with Gasteiger partial charge >= 0.3 is 0 Å². The summed E-state index contributed by atoms with van der Waals surface area (Å²) in [6.07, 6.45) is 9.79. The van der Waals surface area contributed by atoms with Gasteiger partial charge in [-0.15, -0.1) is 0 Å². The van der Waals surface area contributed by atoms with Crippen LogP contribution in [0.1, 0.15) is 5.82 Å². The Morgan fingerprint density at radius 2 is 2.08 bits per heavy atom. The zero-order valence-electron chi connectivity index (χ0n) is 6.92. The van der Waals surface area contributed by atoms with Crippen molar-refractivity contribution in [2.24, 2.45) is 5.92 Å². The molecule has 1 heterocycles. The number of hydrogen-bond donors (Lipinski definition) is 0. The van der Waals surface area contributed by atoms with E-state index in [1.807, 2.05) is 18.2 Å². The van der Waals surface area contributed by atoms with Gasteiger partial charge in [0.15, 0.2) is 5.82 Å². The Balaban J connectivity index is 2.34. The smallest absolute Gasteiger partial charge is 0.155 e. The molecule has 0 amide bonds. The fourth-order valence-electron chi connectivity index (χ4n) is 1.28. The summed E-state index contributed by atoms with van der Waals surface area (Å²) in [4.78, 5) is 18.8. The average molecular weight is 172 g/mol. The maximum atomic E-state index is 10.6. The van der Waals surface area contributed by atoms with Gasteiger partial charge in [0.1, 0.15) is 6.29 Å². The maximum Gasteiger partial charge on any atom is 0.155 e. The van der Waals surface area contributed by atoms with Gasteiger partial charge < -0.3 is 4.79 Å². The molecule has 1 aromatic heterocycles. The third-order valence-corrected chi connectivity index (χ3v) is 1.92. The SMILES string of the molecule is O=CC1C=CC=C1c1ncccn1. The number of allylic oxidation sites excluding steroid dienone is 4. The van der Waals surface area contributed by atoms with Crippen LogP contribution in [0.4, 0.5) is 0 Å². The minimum absolute atomic E-state index is 0.178. The number of carbonyl (C=O) groups is 1. The van der Waals surface area contributed by atoms with Crippen LogP contribution in [0, 0.1) is 5.92 Å². The number of nitrogens with zero attached hydrogens (tertiary/aromatic N) is 2. The summed E-state index contributed by atoms with van der Waals surface area (Å²) >= 11 is 0. The second-order valence-corrected chi connectivity index (χ2v) is 2.74. The van der Waals surface area contributed by atoms with E-state index in [1.54, 1.807) is 18.5 Å². The van der Waals surface area contributed by atoms with Gasteiger partial charge in [0.05, 0.1) is 5.92 Å². The molecule has 1 aromatic rings. The molecule has 1 aliphatic rings. The normalized spacial score (nSPS) is 20.0. The molecule has 2 rings (SSSR count). The zero-order valence-corrected chi connectivity index (χ0v) is 6.92. The van der Waals surface area contributed by atoms with Crippen molar-refractivity contribution in [3.8, 4) is 0 Å². The number of aromatic nitrogens is 2. The molecule has 0 aliphatic heterocycles. The van der Waals surface area contributed by atoms with E-state index in [4.69, 9.17) is 0 Å². The number of aldehydes is 1. The van der Waals surface area contributed by atoms with Gasteiger partial charge in [-0.25, -0.2) is 9.97 Å². The molecule has 0 bridgehead atoms. The first-order valence-electron chi connectivity index (χ1n) is 4.03. The second kappa shape index (κ2) is 3.31. The van der Waals surface area contributed by atoms with Crippen LogP contribution in [0.5, 0.6) is 0 Å². The van der Waals surface area contributed by atoms with Crippen LogP contribution in [-0.4, -0.2) is 16.3 Å². The van der Waals surface area contributed by atoms with Gasteiger partial charge in [-0.1, -0.05) is 18.2 Å². The fourth-order valence-corrected chi connectivity index (χ4v) is 1.28. The van der Waals surface area contributed by atoms with Crippen molar-refractivity contribution in [1.82, 2.24) is 9.97 Å². The lowest BCUT2D eigenvalue weighted by atomic mass is 10.0. The summed E-state index contributed by atoms with van der Waals surface area (Å²) < 4.78 is 0. The molecule has 0 N–H and O–H groups in total. The van der Waals surface area contributed by atoms with E-state index in [9.17, 15) is 4.79 Å². The molecular weight excluding hydrogens is 164 g/mol. The van der Waals surface area contributed by atoms with Crippen LogP contribution in [-0.2, 0) is 4.79 Å². The van der Waals surface area contributed by atoms with Gasteiger partial charge in [-0.05, 0) is 6.07 Å². The lowest BCUT2D eigenvalue weighted by Gasteiger charge is -2.03. The standard InChI is InChI=1S/C10H8N2O/c13-7-8-3-1-4-9(8)10-11-5-2-6-12-10/h1-8H. The average Bonchev–Trinajstić information content (AvgIpc) is 2.67. The molecule has 64 valence electrons. The Labute approximate surface area is 75.8 Å². The molecule has 3 nitrogen and oxygen atoms in total.